The summed E-state index contributed by atoms with van der Waals surface area (Å²) in [6, 6.07) is 0. The largest absolute Gasteiger partial charge is 0.481 e. The molecule has 0 saturated heterocycles. The molecular weight excluding hydrogens is 420 g/mol. The Hall–Kier alpha value is -1.95. The van der Waals surface area contributed by atoms with E-state index in [-0.39, 0.29) is 39.6 Å². The molecule has 0 aromatic rings. The van der Waals surface area contributed by atoms with Gasteiger partial charge in [-0.05, 0) is 0 Å². The van der Waals surface area contributed by atoms with E-state index in [0.29, 0.717) is 0 Å². The van der Waals surface area contributed by atoms with Crippen molar-refractivity contribution in [2.45, 2.75) is 39.1 Å². The quantitative estimate of drug-likeness (QED) is 0.178. The summed E-state index contributed by atoms with van der Waals surface area (Å²) in [6.45, 7) is 1.06. The summed E-state index contributed by atoms with van der Waals surface area (Å²) in [7, 11) is 0. The van der Waals surface area contributed by atoms with Crippen molar-refractivity contribution in [1.82, 2.24) is 0 Å². The predicted octanol–water partition coefficient (Wildman–Crippen LogP) is -4.73. The Morgan fingerprint density at radius 1 is 0.467 bits per heavy atom. The summed E-state index contributed by atoms with van der Waals surface area (Å²) in [5, 5.41) is 94.3. The van der Waals surface area contributed by atoms with Crippen LogP contribution in [0.5, 0.6) is 0 Å². The van der Waals surface area contributed by atoms with Crippen molar-refractivity contribution in [2.75, 3.05) is 39.6 Å². The maximum atomic E-state index is 9.00. The van der Waals surface area contributed by atoms with E-state index in [2.05, 4.69) is 0 Å². The predicted molar refractivity (Wildman–Crippen MR) is 100 cm³/mol. The summed E-state index contributed by atoms with van der Waals surface area (Å²) in [5.74, 6) is -2.50. The number of hydrogen-bond acceptors (Lipinski definition) is 12. The minimum atomic E-state index is -0.954. The highest BCUT2D eigenvalue weighted by atomic mass is 16.4. The topological polar surface area (TPSA) is 294 Å². The van der Waals surface area contributed by atoms with Crippen molar-refractivity contribution in [3.63, 3.8) is 0 Å². The lowest BCUT2D eigenvalue weighted by atomic mass is 10.4. The van der Waals surface area contributed by atoms with Crippen LogP contribution in [0.3, 0.4) is 0 Å². The zero-order chi connectivity index (χ0) is 25.7. The van der Waals surface area contributed by atoms with Crippen molar-refractivity contribution >= 4 is 17.9 Å². The molecule has 0 atom stereocenters. The third-order valence-corrected chi connectivity index (χ3v) is 1.26. The smallest absolute Gasteiger partial charge is 0.300 e. The summed E-state index contributed by atoms with van der Waals surface area (Å²) >= 11 is 0. The molecular formula is C15H36O15. The lowest BCUT2D eigenvalue weighted by Crippen LogP contribution is -2.15. The maximum absolute atomic E-state index is 9.00. The van der Waals surface area contributed by atoms with E-state index >= 15 is 0 Å². The van der Waals surface area contributed by atoms with Gasteiger partial charge in [0.15, 0.2) is 0 Å². The molecule has 0 aromatic heterocycles. The fourth-order valence-corrected chi connectivity index (χ4v) is 0.173. The Morgan fingerprint density at radius 3 is 0.533 bits per heavy atom. The van der Waals surface area contributed by atoms with Gasteiger partial charge in [-0.15, -0.1) is 0 Å². The van der Waals surface area contributed by atoms with Gasteiger partial charge in [0.2, 0.25) is 0 Å². The number of rotatable bonds is 6. The first kappa shape index (κ1) is 42.2. The van der Waals surface area contributed by atoms with Gasteiger partial charge in [-0.25, -0.2) is 0 Å². The number of carboxylic acids is 3. The van der Waals surface area contributed by atoms with Crippen molar-refractivity contribution in [3.8, 4) is 0 Å². The fraction of sp³-hybridized carbons (Fsp3) is 0.800. The van der Waals surface area contributed by atoms with Gasteiger partial charge >= 0.3 is 0 Å². The van der Waals surface area contributed by atoms with Crippen LogP contribution >= 0.6 is 0 Å². The van der Waals surface area contributed by atoms with Crippen molar-refractivity contribution < 1.29 is 75.7 Å². The van der Waals surface area contributed by atoms with Gasteiger partial charge in [0.05, 0.1) is 39.6 Å². The molecule has 0 aliphatic carbocycles. The van der Waals surface area contributed by atoms with Crippen LogP contribution in [0.4, 0.5) is 0 Å². The lowest BCUT2D eigenvalue weighted by Gasteiger charge is -1.96. The van der Waals surface area contributed by atoms with E-state index in [0.717, 1.165) is 20.8 Å². The number of carboxylic acid groups (broad SMARTS) is 3. The standard InChI is InChI=1S/3C3H8O3.3C2H4O2/c3*4-1-3(6)2-5;3*1-2(3)4/h3*3-6H,1-2H2;3*1H3,(H,3,4). The molecule has 0 unspecified atom stereocenters. The van der Waals surface area contributed by atoms with Crippen LogP contribution in [0.1, 0.15) is 20.8 Å². The fourth-order valence-electron chi connectivity index (χ4n) is 0.173. The van der Waals surface area contributed by atoms with Crippen LogP contribution in [0.15, 0.2) is 0 Å². The molecule has 0 amide bonds. The first-order valence-corrected chi connectivity index (χ1v) is 7.90. The Balaban J connectivity index is -0.0000000583. The van der Waals surface area contributed by atoms with E-state index in [1.807, 2.05) is 0 Å². The molecule has 0 spiro atoms. The number of carbonyl (C=O) groups is 3. The van der Waals surface area contributed by atoms with Crippen LogP contribution in [0.25, 0.3) is 0 Å². The third-order valence-electron chi connectivity index (χ3n) is 1.26. The number of hydrogen-bond donors (Lipinski definition) is 12. The number of aliphatic hydroxyl groups is 9. The Kier molecular flexibility index (Phi) is 53.1. The van der Waals surface area contributed by atoms with Gasteiger partial charge < -0.3 is 61.3 Å². The van der Waals surface area contributed by atoms with Crippen LogP contribution in [0.2, 0.25) is 0 Å². The number of aliphatic hydroxyl groups excluding tert-OH is 9. The SMILES string of the molecule is CC(=O)O.CC(=O)O.CC(=O)O.OCC(O)CO.OCC(O)CO.OCC(O)CO. The molecule has 0 heterocycles. The number of aliphatic carboxylic acids is 3. The lowest BCUT2D eigenvalue weighted by molar-refractivity contribution is -0.135. The van der Waals surface area contributed by atoms with Gasteiger partial charge in [-0.1, -0.05) is 0 Å². The summed E-state index contributed by atoms with van der Waals surface area (Å²) < 4.78 is 0. The molecule has 0 aliphatic rings. The van der Waals surface area contributed by atoms with Gasteiger partial charge in [0, 0.05) is 20.8 Å². The average molecular weight is 456 g/mol. The van der Waals surface area contributed by atoms with E-state index < -0.39 is 36.2 Å². The van der Waals surface area contributed by atoms with Gasteiger partial charge in [-0.2, -0.15) is 0 Å². The summed E-state index contributed by atoms with van der Waals surface area (Å²) in [6.07, 6.45) is -2.86. The van der Waals surface area contributed by atoms with Gasteiger partial charge in [-0.3, -0.25) is 14.4 Å². The second-order valence-corrected chi connectivity index (χ2v) is 4.61. The first-order chi connectivity index (χ1) is 13.6. The minimum Gasteiger partial charge on any atom is -0.481 e. The monoisotopic (exact) mass is 456 g/mol. The molecule has 0 fully saturated rings. The van der Waals surface area contributed by atoms with E-state index in [9.17, 15) is 0 Å². The molecule has 0 rings (SSSR count). The van der Waals surface area contributed by atoms with Crippen molar-refractivity contribution in [1.29, 1.82) is 0 Å². The highest BCUT2D eigenvalue weighted by Gasteiger charge is 1.94. The average Bonchev–Trinajstić information content (AvgIpc) is 2.65. The second kappa shape index (κ2) is 37.8. The molecule has 0 aromatic carbocycles. The van der Waals surface area contributed by atoms with Crippen molar-refractivity contribution in [3.05, 3.63) is 0 Å². The molecule has 15 nitrogen and oxygen atoms in total. The highest BCUT2D eigenvalue weighted by Crippen LogP contribution is 1.72. The Morgan fingerprint density at radius 2 is 0.533 bits per heavy atom. The molecule has 12 N–H and O–H groups in total. The molecule has 15 heteroatoms. The molecule has 186 valence electrons. The van der Waals surface area contributed by atoms with Crippen LogP contribution in [-0.4, -0.2) is 137 Å². The molecule has 0 aliphatic heterocycles. The zero-order valence-electron chi connectivity index (χ0n) is 17.1. The zero-order valence-corrected chi connectivity index (χ0v) is 17.1. The maximum Gasteiger partial charge on any atom is 0.300 e. The van der Waals surface area contributed by atoms with E-state index in [1.54, 1.807) is 0 Å². The first-order valence-electron chi connectivity index (χ1n) is 7.90. The van der Waals surface area contributed by atoms with Crippen LogP contribution in [0, 0.1) is 0 Å². The molecule has 0 radical (unpaired) electrons. The van der Waals surface area contributed by atoms with Crippen LogP contribution in [-0.2, 0) is 14.4 Å². The molecule has 30 heavy (non-hydrogen) atoms. The summed E-state index contributed by atoms with van der Waals surface area (Å²) in [4.78, 5) is 27.0. The Bertz CT molecular complexity index is 275. The second-order valence-electron chi connectivity index (χ2n) is 4.61. The molecule has 0 bridgehead atoms. The minimum absolute atomic E-state index is 0.365. The van der Waals surface area contributed by atoms with E-state index in [1.165, 1.54) is 0 Å². The van der Waals surface area contributed by atoms with E-state index in [4.69, 9.17) is 75.7 Å². The summed E-state index contributed by atoms with van der Waals surface area (Å²) in [5.41, 5.74) is 0. The van der Waals surface area contributed by atoms with Gasteiger partial charge in [0.25, 0.3) is 17.9 Å². The third kappa shape index (κ3) is 162. The highest BCUT2D eigenvalue weighted by molar-refractivity contribution is 5.63. The van der Waals surface area contributed by atoms with Crippen LogP contribution < -0.4 is 0 Å². The molecule has 0 saturated carbocycles. The Labute approximate surface area is 173 Å². The van der Waals surface area contributed by atoms with Crippen molar-refractivity contribution in [2.24, 2.45) is 0 Å². The van der Waals surface area contributed by atoms with Gasteiger partial charge in [0.1, 0.15) is 18.3 Å². The normalized spacial score (nSPS) is 8.50.